The summed E-state index contributed by atoms with van der Waals surface area (Å²) < 4.78 is 4.95. The van der Waals surface area contributed by atoms with Crippen molar-refractivity contribution >= 4 is 35.1 Å². The van der Waals surface area contributed by atoms with Crippen LogP contribution in [0.3, 0.4) is 0 Å². The minimum absolute atomic E-state index is 0.0102. The molecule has 1 heterocycles. The first kappa shape index (κ1) is 27.4. The second-order valence-electron chi connectivity index (χ2n) is 11.0. The van der Waals surface area contributed by atoms with E-state index in [9.17, 15) is 14.4 Å². The third-order valence-electron chi connectivity index (χ3n) is 6.90. The van der Waals surface area contributed by atoms with Crippen LogP contribution in [0.1, 0.15) is 66.5 Å². The number of esters is 1. The number of methoxy groups -OCH3 is 1. The second kappa shape index (κ2) is 10.6. The fraction of sp³-hybridized carbons (Fsp3) is 0.323. The maximum absolute atomic E-state index is 13.3. The van der Waals surface area contributed by atoms with Crippen LogP contribution in [0.15, 0.2) is 60.7 Å². The molecule has 0 aromatic heterocycles. The first-order valence-electron chi connectivity index (χ1n) is 12.6. The van der Waals surface area contributed by atoms with E-state index in [0.29, 0.717) is 28.4 Å². The Morgan fingerprint density at radius 3 is 2.24 bits per heavy atom. The molecule has 0 spiro atoms. The van der Waals surface area contributed by atoms with E-state index < -0.39 is 12.0 Å². The van der Waals surface area contributed by atoms with Gasteiger partial charge in [0.2, 0.25) is 0 Å². The van der Waals surface area contributed by atoms with Gasteiger partial charge < -0.3 is 15.0 Å². The fourth-order valence-electron chi connectivity index (χ4n) is 4.75. The van der Waals surface area contributed by atoms with Gasteiger partial charge in [0.05, 0.1) is 12.1 Å². The van der Waals surface area contributed by atoms with Crippen LogP contribution >= 0.6 is 11.6 Å². The third-order valence-corrected chi connectivity index (χ3v) is 7.22. The summed E-state index contributed by atoms with van der Waals surface area (Å²) in [5.41, 5.74) is 5.21. The van der Waals surface area contributed by atoms with Gasteiger partial charge in [-0.2, -0.15) is 0 Å². The number of carbonyl (C=O) groups excluding carboxylic acids is 3. The molecule has 0 fully saturated rings. The molecule has 6 nitrogen and oxygen atoms in total. The number of rotatable bonds is 6. The van der Waals surface area contributed by atoms with E-state index >= 15 is 0 Å². The van der Waals surface area contributed by atoms with E-state index in [0.717, 1.165) is 22.3 Å². The zero-order valence-electron chi connectivity index (χ0n) is 22.6. The molecule has 1 aliphatic heterocycles. The monoisotopic (exact) mass is 532 g/mol. The molecular weight excluding hydrogens is 500 g/mol. The molecule has 7 heteroatoms. The zero-order valence-corrected chi connectivity index (χ0v) is 23.3. The van der Waals surface area contributed by atoms with Crippen LogP contribution < -0.4 is 5.32 Å². The summed E-state index contributed by atoms with van der Waals surface area (Å²) in [5.74, 6) is -0.938. The van der Waals surface area contributed by atoms with Crippen LogP contribution in [0.2, 0.25) is 5.02 Å². The minimum Gasteiger partial charge on any atom is -0.467 e. The Kier molecular flexibility index (Phi) is 7.65. The Bertz CT molecular complexity index is 1390. The van der Waals surface area contributed by atoms with Gasteiger partial charge in [0.25, 0.3) is 11.8 Å². The third kappa shape index (κ3) is 5.46. The molecule has 198 valence electrons. The highest BCUT2D eigenvalue weighted by atomic mass is 35.5. The standard InChI is InChI=1S/C31H33ClN2O4/c1-18(2)27(30(37)38-6)34-17-21-8-7-20(15-25(21)29(34)36)24-14-13-23(16-26(24)32)33-28(35)19-9-11-22(12-10-19)31(3,4)5/h7-16,18,27H,17H2,1-6H3,(H,33,35)/t27-/m0/s1. The van der Waals surface area contributed by atoms with Crippen molar-refractivity contribution in [2.75, 3.05) is 12.4 Å². The molecule has 1 N–H and O–H groups in total. The molecule has 2 amide bonds. The number of hydrogen-bond acceptors (Lipinski definition) is 4. The number of ether oxygens (including phenoxy) is 1. The van der Waals surface area contributed by atoms with Gasteiger partial charge in [0.15, 0.2) is 0 Å². The van der Waals surface area contributed by atoms with Crippen molar-refractivity contribution in [3.63, 3.8) is 0 Å². The largest absolute Gasteiger partial charge is 0.467 e. The topological polar surface area (TPSA) is 75.7 Å². The second-order valence-corrected chi connectivity index (χ2v) is 11.4. The van der Waals surface area contributed by atoms with Gasteiger partial charge in [0, 0.05) is 28.9 Å². The molecule has 3 aromatic carbocycles. The molecule has 0 unspecified atom stereocenters. The van der Waals surface area contributed by atoms with Crippen molar-refractivity contribution in [2.45, 2.75) is 52.6 Å². The van der Waals surface area contributed by atoms with Crippen molar-refractivity contribution in [3.05, 3.63) is 87.9 Å². The minimum atomic E-state index is -0.653. The van der Waals surface area contributed by atoms with Gasteiger partial charge in [-0.1, -0.05) is 76.6 Å². The van der Waals surface area contributed by atoms with E-state index in [1.807, 2.05) is 62.4 Å². The van der Waals surface area contributed by atoms with Gasteiger partial charge in [-0.25, -0.2) is 4.79 Å². The molecular formula is C31H33ClN2O4. The highest BCUT2D eigenvalue weighted by Crippen LogP contribution is 2.35. The number of amides is 2. The Morgan fingerprint density at radius 1 is 0.974 bits per heavy atom. The van der Waals surface area contributed by atoms with Gasteiger partial charge in [-0.05, 0) is 58.4 Å². The summed E-state index contributed by atoms with van der Waals surface area (Å²) in [7, 11) is 1.33. The lowest BCUT2D eigenvalue weighted by atomic mass is 9.87. The summed E-state index contributed by atoms with van der Waals surface area (Å²) >= 11 is 6.62. The van der Waals surface area contributed by atoms with E-state index in [1.165, 1.54) is 7.11 Å². The maximum atomic E-state index is 13.3. The van der Waals surface area contributed by atoms with Gasteiger partial charge >= 0.3 is 5.97 Å². The summed E-state index contributed by atoms with van der Waals surface area (Å²) in [4.78, 5) is 40.0. The van der Waals surface area contributed by atoms with Crippen LogP contribution in [-0.4, -0.2) is 35.8 Å². The summed E-state index contributed by atoms with van der Waals surface area (Å²) in [6.45, 7) is 10.5. The summed E-state index contributed by atoms with van der Waals surface area (Å²) in [6, 6.07) is 17.8. The Labute approximate surface area is 228 Å². The average molecular weight is 533 g/mol. The highest BCUT2D eigenvalue weighted by molar-refractivity contribution is 6.33. The van der Waals surface area contributed by atoms with E-state index in [2.05, 4.69) is 26.1 Å². The first-order valence-corrected chi connectivity index (χ1v) is 13.0. The van der Waals surface area contributed by atoms with Crippen LogP contribution in [-0.2, 0) is 21.5 Å². The number of nitrogens with zero attached hydrogens (tertiary/aromatic N) is 1. The van der Waals surface area contributed by atoms with Crippen LogP contribution in [0, 0.1) is 5.92 Å². The van der Waals surface area contributed by atoms with Crippen LogP contribution in [0.25, 0.3) is 11.1 Å². The Hall–Kier alpha value is -3.64. The van der Waals surface area contributed by atoms with Crippen LogP contribution in [0.5, 0.6) is 0 Å². The number of halogens is 1. The van der Waals surface area contributed by atoms with Crippen molar-refractivity contribution in [1.29, 1.82) is 0 Å². The predicted octanol–water partition coefficient (Wildman–Crippen LogP) is 6.71. The van der Waals surface area contributed by atoms with Crippen molar-refractivity contribution < 1.29 is 19.1 Å². The lowest BCUT2D eigenvalue weighted by molar-refractivity contribution is -0.147. The SMILES string of the molecule is COC(=O)[C@H](C(C)C)N1Cc2ccc(-c3ccc(NC(=O)c4ccc(C(C)(C)C)cc4)cc3Cl)cc2C1=O. The first-order chi connectivity index (χ1) is 17.9. The lowest BCUT2D eigenvalue weighted by Crippen LogP contribution is -2.45. The average Bonchev–Trinajstić information content (AvgIpc) is 3.18. The molecule has 3 aromatic rings. The highest BCUT2D eigenvalue weighted by Gasteiger charge is 2.38. The Morgan fingerprint density at radius 2 is 1.66 bits per heavy atom. The van der Waals surface area contributed by atoms with E-state index in [4.69, 9.17) is 16.3 Å². The number of benzene rings is 3. The van der Waals surface area contributed by atoms with Gasteiger partial charge in [-0.3, -0.25) is 9.59 Å². The maximum Gasteiger partial charge on any atom is 0.328 e. The smallest absolute Gasteiger partial charge is 0.328 e. The molecule has 1 atom stereocenters. The number of fused-ring (bicyclic) bond motifs is 1. The molecule has 38 heavy (non-hydrogen) atoms. The van der Waals surface area contributed by atoms with Gasteiger partial charge in [-0.15, -0.1) is 0 Å². The quantitative estimate of drug-likeness (QED) is 0.358. The molecule has 4 rings (SSSR count). The predicted molar refractivity (Wildman–Crippen MR) is 150 cm³/mol. The molecule has 0 bridgehead atoms. The van der Waals surface area contributed by atoms with Crippen molar-refractivity contribution in [1.82, 2.24) is 4.90 Å². The van der Waals surface area contributed by atoms with Crippen molar-refractivity contribution in [3.8, 4) is 11.1 Å². The number of nitrogens with one attached hydrogen (secondary N) is 1. The summed E-state index contributed by atoms with van der Waals surface area (Å²) in [5, 5.41) is 3.35. The van der Waals surface area contributed by atoms with Crippen LogP contribution in [0.4, 0.5) is 5.69 Å². The number of anilines is 1. The zero-order chi connectivity index (χ0) is 27.8. The fourth-order valence-corrected chi connectivity index (χ4v) is 5.04. The summed E-state index contributed by atoms with van der Waals surface area (Å²) in [6.07, 6.45) is 0. The van der Waals surface area contributed by atoms with Gasteiger partial charge in [0.1, 0.15) is 6.04 Å². The molecule has 0 aliphatic carbocycles. The molecule has 0 saturated heterocycles. The van der Waals surface area contributed by atoms with E-state index in [1.54, 1.807) is 17.0 Å². The van der Waals surface area contributed by atoms with E-state index in [-0.39, 0.29) is 23.1 Å². The molecule has 0 radical (unpaired) electrons. The Balaban J connectivity index is 1.53. The molecule has 1 aliphatic rings. The number of hydrogen-bond donors (Lipinski definition) is 1. The lowest BCUT2D eigenvalue weighted by Gasteiger charge is -2.28. The number of carbonyl (C=O) groups is 3. The normalized spacial score (nSPS) is 13.9. The van der Waals surface area contributed by atoms with Crippen molar-refractivity contribution in [2.24, 2.45) is 5.92 Å². The molecule has 0 saturated carbocycles.